The fourth-order valence-electron chi connectivity index (χ4n) is 3.67. The first kappa shape index (κ1) is 20.0. The van der Waals surface area contributed by atoms with Crippen molar-refractivity contribution in [1.29, 1.82) is 5.26 Å². The molecule has 32 heavy (non-hydrogen) atoms. The highest BCUT2D eigenvalue weighted by molar-refractivity contribution is 7.98. The molecule has 3 aromatic carbocycles. The Balaban J connectivity index is 1.59. The maximum Gasteiger partial charge on any atom is 0.263 e. The SMILES string of the molecule is Cc1ccc(Cn2c(=O)c3ccccc3n3c(SCc4ccc(C#N)cc4)nnc23)cc1. The van der Waals surface area contributed by atoms with E-state index in [1.165, 1.54) is 5.56 Å². The Morgan fingerprint density at radius 3 is 2.41 bits per heavy atom. The molecule has 0 spiro atoms. The number of nitrogens with zero attached hydrogens (tertiary/aromatic N) is 5. The summed E-state index contributed by atoms with van der Waals surface area (Å²) < 4.78 is 3.64. The Labute approximate surface area is 188 Å². The van der Waals surface area contributed by atoms with Gasteiger partial charge >= 0.3 is 0 Å². The number of hydrogen-bond donors (Lipinski definition) is 0. The zero-order valence-corrected chi connectivity index (χ0v) is 18.2. The minimum Gasteiger partial charge on any atom is -0.272 e. The molecule has 0 saturated carbocycles. The van der Waals surface area contributed by atoms with Crippen molar-refractivity contribution in [3.63, 3.8) is 0 Å². The van der Waals surface area contributed by atoms with Gasteiger partial charge in [-0.3, -0.25) is 13.8 Å². The lowest BCUT2D eigenvalue weighted by molar-refractivity contribution is 0.763. The van der Waals surface area contributed by atoms with Crippen LogP contribution in [0.2, 0.25) is 0 Å². The summed E-state index contributed by atoms with van der Waals surface area (Å²) in [5.74, 6) is 1.20. The summed E-state index contributed by atoms with van der Waals surface area (Å²) in [5, 5.41) is 19.2. The van der Waals surface area contributed by atoms with Crippen LogP contribution in [0.5, 0.6) is 0 Å². The predicted octanol–water partition coefficient (Wildman–Crippen LogP) is 4.56. The van der Waals surface area contributed by atoms with Gasteiger partial charge in [0.1, 0.15) is 0 Å². The van der Waals surface area contributed by atoms with Gasteiger partial charge in [-0.05, 0) is 42.3 Å². The van der Waals surface area contributed by atoms with Crippen LogP contribution in [0.15, 0.2) is 82.7 Å². The molecule has 2 aromatic heterocycles. The Hall–Kier alpha value is -3.89. The number of aryl methyl sites for hydroxylation is 1. The molecule has 0 aliphatic rings. The van der Waals surface area contributed by atoms with Gasteiger partial charge in [-0.1, -0.05) is 65.9 Å². The fourth-order valence-corrected chi connectivity index (χ4v) is 4.56. The number of aromatic nitrogens is 4. The first-order chi connectivity index (χ1) is 15.6. The molecule has 5 aromatic rings. The van der Waals surface area contributed by atoms with Crippen molar-refractivity contribution in [3.8, 4) is 6.07 Å². The van der Waals surface area contributed by atoms with Crippen LogP contribution in [0.3, 0.4) is 0 Å². The molecule has 0 aliphatic carbocycles. The monoisotopic (exact) mass is 437 g/mol. The molecule has 0 aliphatic heterocycles. The van der Waals surface area contributed by atoms with Crippen LogP contribution in [-0.2, 0) is 12.3 Å². The van der Waals surface area contributed by atoms with Gasteiger partial charge in [-0.15, -0.1) is 10.2 Å². The molecule has 5 rings (SSSR count). The van der Waals surface area contributed by atoms with Gasteiger partial charge in [0.15, 0.2) is 5.16 Å². The van der Waals surface area contributed by atoms with E-state index in [1.54, 1.807) is 16.3 Å². The first-order valence-corrected chi connectivity index (χ1v) is 11.2. The van der Waals surface area contributed by atoms with Gasteiger partial charge in [0.05, 0.1) is 29.1 Å². The summed E-state index contributed by atoms with van der Waals surface area (Å²) in [4.78, 5) is 13.3. The van der Waals surface area contributed by atoms with E-state index in [9.17, 15) is 4.79 Å². The Kier molecular flexibility index (Phi) is 5.21. The minimum atomic E-state index is -0.0790. The Morgan fingerprint density at radius 2 is 1.66 bits per heavy atom. The molecule has 0 radical (unpaired) electrons. The van der Waals surface area contributed by atoms with Crippen LogP contribution in [0.1, 0.15) is 22.3 Å². The summed E-state index contributed by atoms with van der Waals surface area (Å²) in [6, 6.07) is 25.4. The van der Waals surface area contributed by atoms with Crippen molar-refractivity contribution >= 4 is 28.4 Å². The average molecular weight is 438 g/mol. The molecule has 0 amide bonds. The highest BCUT2D eigenvalue weighted by Crippen LogP contribution is 2.25. The van der Waals surface area contributed by atoms with E-state index in [2.05, 4.69) is 16.3 Å². The Bertz CT molecular complexity index is 1530. The molecule has 0 N–H and O–H groups in total. The number of para-hydroxylation sites is 1. The van der Waals surface area contributed by atoms with Gasteiger partial charge in [0.2, 0.25) is 5.78 Å². The third-order valence-corrected chi connectivity index (χ3v) is 6.39. The van der Waals surface area contributed by atoms with Crippen molar-refractivity contribution in [2.24, 2.45) is 0 Å². The molecule has 2 heterocycles. The van der Waals surface area contributed by atoms with Crippen molar-refractivity contribution in [1.82, 2.24) is 19.2 Å². The highest BCUT2D eigenvalue weighted by Gasteiger charge is 2.17. The van der Waals surface area contributed by atoms with E-state index in [0.717, 1.165) is 21.8 Å². The number of benzene rings is 3. The molecule has 0 unspecified atom stereocenters. The number of rotatable bonds is 5. The smallest absolute Gasteiger partial charge is 0.263 e. The number of fused-ring (bicyclic) bond motifs is 3. The van der Waals surface area contributed by atoms with E-state index >= 15 is 0 Å². The average Bonchev–Trinajstić information content (AvgIpc) is 3.26. The van der Waals surface area contributed by atoms with Crippen molar-refractivity contribution in [2.45, 2.75) is 24.4 Å². The molecule has 0 fully saturated rings. The van der Waals surface area contributed by atoms with Crippen LogP contribution < -0.4 is 5.56 Å². The van der Waals surface area contributed by atoms with Crippen molar-refractivity contribution in [2.75, 3.05) is 0 Å². The predicted molar refractivity (Wildman–Crippen MR) is 126 cm³/mol. The van der Waals surface area contributed by atoms with Crippen LogP contribution >= 0.6 is 11.8 Å². The normalized spacial score (nSPS) is 11.1. The zero-order chi connectivity index (χ0) is 22.1. The first-order valence-electron chi connectivity index (χ1n) is 10.2. The lowest BCUT2D eigenvalue weighted by atomic mass is 10.1. The molecule has 0 bridgehead atoms. The van der Waals surface area contributed by atoms with E-state index in [4.69, 9.17) is 5.26 Å². The van der Waals surface area contributed by atoms with Crippen LogP contribution in [0.4, 0.5) is 0 Å². The number of thioether (sulfide) groups is 1. The van der Waals surface area contributed by atoms with Crippen molar-refractivity contribution in [3.05, 3.63) is 105 Å². The van der Waals surface area contributed by atoms with Gasteiger partial charge in [-0.25, -0.2) is 0 Å². The van der Waals surface area contributed by atoms with Gasteiger partial charge in [-0.2, -0.15) is 5.26 Å². The van der Waals surface area contributed by atoms with E-state index < -0.39 is 0 Å². The summed E-state index contributed by atoms with van der Waals surface area (Å²) in [6.45, 7) is 2.46. The number of nitriles is 1. The summed E-state index contributed by atoms with van der Waals surface area (Å²) in [5.41, 5.74) is 4.64. The molecule has 6 nitrogen and oxygen atoms in total. The lowest BCUT2D eigenvalue weighted by Crippen LogP contribution is -2.24. The molecular weight excluding hydrogens is 418 g/mol. The molecule has 156 valence electrons. The van der Waals surface area contributed by atoms with E-state index in [-0.39, 0.29) is 5.56 Å². The number of hydrogen-bond acceptors (Lipinski definition) is 5. The zero-order valence-electron chi connectivity index (χ0n) is 17.4. The summed E-state index contributed by atoms with van der Waals surface area (Å²) in [7, 11) is 0. The molecule has 7 heteroatoms. The van der Waals surface area contributed by atoms with Crippen LogP contribution in [0.25, 0.3) is 16.7 Å². The van der Waals surface area contributed by atoms with Gasteiger partial charge in [0, 0.05) is 5.75 Å². The second-order valence-electron chi connectivity index (χ2n) is 7.61. The van der Waals surface area contributed by atoms with Crippen LogP contribution in [0, 0.1) is 18.3 Å². The molecule has 0 saturated heterocycles. The third-order valence-electron chi connectivity index (χ3n) is 5.39. The quantitative estimate of drug-likeness (QED) is 0.377. The minimum absolute atomic E-state index is 0.0790. The van der Waals surface area contributed by atoms with Crippen LogP contribution in [-0.4, -0.2) is 19.2 Å². The Morgan fingerprint density at radius 1 is 0.938 bits per heavy atom. The standard InChI is InChI=1S/C25H19N5OS/c1-17-6-8-19(9-7-17)15-29-23(31)21-4-2-3-5-22(21)30-24(29)27-28-25(30)32-16-20-12-10-18(14-26)11-13-20/h2-13H,15-16H2,1H3. The van der Waals surface area contributed by atoms with Gasteiger partial charge < -0.3 is 0 Å². The maximum absolute atomic E-state index is 13.3. The lowest BCUT2D eigenvalue weighted by Gasteiger charge is -2.11. The maximum atomic E-state index is 13.3. The topological polar surface area (TPSA) is 76.0 Å². The van der Waals surface area contributed by atoms with Gasteiger partial charge in [0.25, 0.3) is 5.56 Å². The fraction of sp³-hybridized carbons (Fsp3) is 0.120. The largest absolute Gasteiger partial charge is 0.272 e. The summed E-state index contributed by atoms with van der Waals surface area (Å²) >= 11 is 1.55. The third kappa shape index (κ3) is 3.66. The second kappa shape index (κ2) is 8.33. The molecule has 0 atom stereocenters. The van der Waals surface area contributed by atoms with E-state index in [0.29, 0.717) is 29.0 Å². The van der Waals surface area contributed by atoms with E-state index in [1.807, 2.05) is 84.1 Å². The highest BCUT2D eigenvalue weighted by atomic mass is 32.2. The van der Waals surface area contributed by atoms with Crippen molar-refractivity contribution < 1.29 is 0 Å². The molecular formula is C25H19N5OS. The second-order valence-corrected chi connectivity index (χ2v) is 8.55. The summed E-state index contributed by atoms with van der Waals surface area (Å²) in [6.07, 6.45) is 0.